The summed E-state index contributed by atoms with van der Waals surface area (Å²) in [6.45, 7) is 3.36. The highest BCUT2D eigenvalue weighted by Gasteiger charge is 2.29. The van der Waals surface area contributed by atoms with Crippen LogP contribution in [0.15, 0.2) is 0 Å². The Kier molecular flexibility index (Phi) is 4.56. The van der Waals surface area contributed by atoms with Crippen LogP contribution in [-0.4, -0.2) is 26.9 Å². The van der Waals surface area contributed by atoms with Crippen LogP contribution in [0.25, 0.3) is 0 Å². The zero-order valence-corrected chi connectivity index (χ0v) is 8.36. The molecule has 0 amide bonds. The van der Waals surface area contributed by atoms with E-state index in [1.165, 1.54) is 0 Å². The Bertz CT molecular complexity index is 225. The highest BCUT2D eigenvalue weighted by molar-refractivity contribution is 7.49. The number of hydrogen-bond donors (Lipinski definition) is 4. The summed E-state index contributed by atoms with van der Waals surface area (Å²) in [6, 6.07) is -1.20. The van der Waals surface area contributed by atoms with Gasteiger partial charge in [-0.1, -0.05) is 20.3 Å². The van der Waals surface area contributed by atoms with Crippen molar-refractivity contribution in [2.75, 3.05) is 0 Å². The lowest BCUT2D eigenvalue weighted by atomic mass is 10.0. The monoisotopic (exact) mass is 211 g/mol. The van der Waals surface area contributed by atoms with Crippen molar-refractivity contribution in [3.05, 3.63) is 0 Å². The first-order valence-corrected chi connectivity index (χ1v) is 5.45. The molecule has 7 heteroatoms. The molecule has 0 aliphatic rings. The van der Waals surface area contributed by atoms with E-state index >= 15 is 0 Å². The van der Waals surface area contributed by atoms with E-state index in [-0.39, 0.29) is 5.92 Å². The Hall–Kier alpha value is -0.420. The van der Waals surface area contributed by atoms with Crippen molar-refractivity contribution >= 4 is 13.7 Å². The predicted octanol–water partition coefficient (Wildman–Crippen LogP) is 0.168. The van der Waals surface area contributed by atoms with Gasteiger partial charge in [-0.3, -0.25) is 4.79 Å². The predicted molar refractivity (Wildman–Crippen MR) is 46.1 cm³/mol. The molecule has 0 aromatic rings. The van der Waals surface area contributed by atoms with Gasteiger partial charge in [0, 0.05) is 0 Å². The molecule has 0 aromatic heterocycles. The molecule has 0 unspecified atom stereocenters. The van der Waals surface area contributed by atoms with Gasteiger partial charge in [0.1, 0.15) is 6.04 Å². The van der Waals surface area contributed by atoms with Crippen molar-refractivity contribution in [3.63, 3.8) is 0 Å². The fourth-order valence-corrected chi connectivity index (χ4v) is 1.57. The SMILES string of the molecule is CC[C@H](C)[C@H](NP(=O)(O)O)C(=O)O. The van der Waals surface area contributed by atoms with Crippen LogP contribution in [-0.2, 0) is 9.36 Å². The average molecular weight is 211 g/mol. The normalized spacial score (nSPS) is 16.6. The molecule has 13 heavy (non-hydrogen) atoms. The average Bonchev–Trinajstić information content (AvgIpc) is 1.96. The quantitative estimate of drug-likeness (QED) is 0.483. The van der Waals surface area contributed by atoms with Crippen LogP contribution in [0.5, 0.6) is 0 Å². The van der Waals surface area contributed by atoms with Gasteiger partial charge in [-0.05, 0) is 5.92 Å². The van der Waals surface area contributed by atoms with Crippen molar-refractivity contribution in [1.29, 1.82) is 0 Å². The lowest BCUT2D eigenvalue weighted by molar-refractivity contribution is -0.140. The first-order chi connectivity index (χ1) is 5.78. The molecule has 6 nitrogen and oxygen atoms in total. The summed E-state index contributed by atoms with van der Waals surface area (Å²) in [4.78, 5) is 27.6. The van der Waals surface area contributed by atoms with E-state index < -0.39 is 19.8 Å². The van der Waals surface area contributed by atoms with Crippen LogP contribution in [0.4, 0.5) is 0 Å². The van der Waals surface area contributed by atoms with Crippen molar-refractivity contribution < 1.29 is 24.3 Å². The van der Waals surface area contributed by atoms with Gasteiger partial charge in [-0.2, -0.15) is 0 Å². The third-order valence-electron chi connectivity index (χ3n) is 1.79. The van der Waals surface area contributed by atoms with Gasteiger partial charge < -0.3 is 14.9 Å². The van der Waals surface area contributed by atoms with Crippen LogP contribution in [0.3, 0.4) is 0 Å². The van der Waals surface area contributed by atoms with E-state index in [9.17, 15) is 9.36 Å². The Balaban J connectivity index is 4.45. The summed E-state index contributed by atoms with van der Waals surface area (Å²) in [5, 5.41) is 10.4. The van der Waals surface area contributed by atoms with Crippen molar-refractivity contribution in [3.8, 4) is 0 Å². The van der Waals surface area contributed by atoms with Gasteiger partial charge in [0.05, 0.1) is 0 Å². The topological polar surface area (TPSA) is 107 Å². The highest BCUT2D eigenvalue weighted by atomic mass is 31.2. The van der Waals surface area contributed by atoms with Crippen LogP contribution in [0.2, 0.25) is 0 Å². The summed E-state index contributed by atoms with van der Waals surface area (Å²) in [6.07, 6.45) is 0.532. The zero-order chi connectivity index (χ0) is 10.6. The second kappa shape index (κ2) is 4.72. The molecule has 0 aliphatic carbocycles. The number of carboxylic acid groups (broad SMARTS) is 1. The van der Waals surface area contributed by atoms with E-state index in [4.69, 9.17) is 14.9 Å². The van der Waals surface area contributed by atoms with Crippen LogP contribution >= 0.6 is 7.75 Å². The summed E-state index contributed by atoms with van der Waals surface area (Å²) in [5.74, 6) is -1.58. The minimum atomic E-state index is -4.47. The first-order valence-electron chi connectivity index (χ1n) is 3.84. The minimum absolute atomic E-state index is 0.329. The number of carbonyl (C=O) groups is 1. The Morgan fingerprint density at radius 3 is 2.23 bits per heavy atom. The van der Waals surface area contributed by atoms with Gasteiger partial charge in [0.2, 0.25) is 0 Å². The molecule has 78 valence electrons. The Morgan fingerprint density at radius 2 is 2.00 bits per heavy atom. The highest BCUT2D eigenvalue weighted by Crippen LogP contribution is 2.30. The molecule has 2 atom stereocenters. The molecule has 0 heterocycles. The Morgan fingerprint density at radius 1 is 1.54 bits per heavy atom. The fourth-order valence-electron chi connectivity index (χ4n) is 0.843. The van der Waals surface area contributed by atoms with Crippen molar-refractivity contribution in [1.82, 2.24) is 5.09 Å². The van der Waals surface area contributed by atoms with Gasteiger partial charge in [0.15, 0.2) is 0 Å². The third kappa shape index (κ3) is 5.00. The molecule has 0 fully saturated rings. The molecular weight excluding hydrogens is 197 g/mol. The van der Waals surface area contributed by atoms with E-state index in [0.717, 1.165) is 0 Å². The first kappa shape index (κ1) is 12.6. The van der Waals surface area contributed by atoms with Gasteiger partial charge >= 0.3 is 13.7 Å². The number of carboxylic acids is 1. The van der Waals surface area contributed by atoms with Crippen LogP contribution in [0, 0.1) is 5.92 Å². The molecule has 0 rings (SSSR count). The number of nitrogens with one attached hydrogen (secondary N) is 1. The maximum absolute atomic E-state index is 10.6. The van der Waals surface area contributed by atoms with Crippen LogP contribution < -0.4 is 5.09 Å². The molecule has 0 spiro atoms. The number of aliphatic carboxylic acids is 1. The van der Waals surface area contributed by atoms with Gasteiger partial charge in [-0.15, -0.1) is 0 Å². The van der Waals surface area contributed by atoms with E-state index in [1.807, 2.05) is 0 Å². The van der Waals surface area contributed by atoms with E-state index in [2.05, 4.69) is 0 Å². The molecule has 0 aromatic carbocycles. The Labute approximate surface area is 76.2 Å². The second-order valence-corrected chi connectivity index (χ2v) is 4.22. The molecule has 0 aliphatic heterocycles. The largest absolute Gasteiger partial charge is 0.480 e. The maximum atomic E-state index is 10.6. The van der Waals surface area contributed by atoms with E-state index in [1.54, 1.807) is 18.9 Å². The van der Waals surface area contributed by atoms with E-state index in [0.29, 0.717) is 6.42 Å². The second-order valence-electron chi connectivity index (χ2n) is 2.87. The van der Waals surface area contributed by atoms with Crippen LogP contribution in [0.1, 0.15) is 20.3 Å². The molecule has 0 saturated heterocycles. The lowest BCUT2D eigenvalue weighted by Gasteiger charge is -2.20. The summed E-state index contributed by atoms with van der Waals surface area (Å²) >= 11 is 0. The fraction of sp³-hybridized carbons (Fsp3) is 0.833. The molecular formula is C6H14NO5P. The number of rotatable bonds is 5. The van der Waals surface area contributed by atoms with Crippen molar-refractivity contribution in [2.45, 2.75) is 26.3 Å². The molecule has 0 saturated carbocycles. The smallest absolute Gasteiger partial charge is 0.401 e. The van der Waals surface area contributed by atoms with Crippen molar-refractivity contribution in [2.24, 2.45) is 5.92 Å². The summed E-state index contributed by atoms with van der Waals surface area (Å²) < 4.78 is 10.5. The number of hydrogen-bond acceptors (Lipinski definition) is 2. The molecule has 0 radical (unpaired) electrons. The molecule has 4 N–H and O–H groups in total. The zero-order valence-electron chi connectivity index (χ0n) is 7.47. The standard InChI is InChI=1S/C6H14NO5P/c1-3-4(2)5(6(8)9)7-13(10,11)12/h4-5H,3H2,1-2H3,(H,8,9)(H3,7,10,11,12)/t4-,5-/m0/s1. The summed E-state index contributed by atoms with van der Waals surface area (Å²) in [7, 11) is -4.47. The van der Waals surface area contributed by atoms with Gasteiger partial charge in [0.25, 0.3) is 0 Å². The molecule has 0 bridgehead atoms. The lowest BCUT2D eigenvalue weighted by Crippen LogP contribution is -2.39. The summed E-state index contributed by atoms with van der Waals surface area (Å²) in [5.41, 5.74) is 0. The van der Waals surface area contributed by atoms with Gasteiger partial charge in [-0.25, -0.2) is 9.65 Å². The minimum Gasteiger partial charge on any atom is -0.480 e. The third-order valence-corrected chi connectivity index (χ3v) is 2.40. The maximum Gasteiger partial charge on any atom is 0.401 e.